The Morgan fingerprint density at radius 1 is 1.20 bits per heavy atom. The van der Waals surface area contributed by atoms with Gasteiger partial charge in [0.1, 0.15) is 18.5 Å². The smallest absolute Gasteiger partial charge is 0.247 e. The van der Waals surface area contributed by atoms with Crippen LogP contribution in [0.1, 0.15) is 53.6 Å². The molecule has 2 heterocycles. The number of unbranched alkanes of at least 4 members (excludes halogenated alkanes) is 1. The molecule has 2 aromatic rings. The molecule has 11 nitrogen and oxygen atoms in total. The lowest BCUT2D eigenvalue weighted by Gasteiger charge is -2.41. The molecule has 0 bridgehead atoms. The third-order valence-corrected chi connectivity index (χ3v) is 7.63. The van der Waals surface area contributed by atoms with E-state index in [1.807, 2.05) is 13.0 Å². The van der Waals surface area contributed by atoms with E-state index in [2.05, 4.69) is 5.32 Å². The number of benzene rings is 2. The molecule has 41 heavy (non-hydrogen) atoms. The predicted octanol–water partition coefficient (Wildman–Crippen LogP) is 2.08. The third-order valence-electron chi connectivity index (χ3n) is 7.63. The van der Waals surface area contributed by atoms with Crippen LogP contribution in [0.4, 0.5) is 0 Å². The number of aldehydes is 1. The van der Waals surface area contributed by atoms with Gasteiger partial charge < -0.3 is 39.4 Å². The van der Waals surface area contributed by atoms with Crippen molar-refractivity contribution in [3.8, 4) is 23.0 Å². The van der Waals surface area contributed by atoms with E-state index < -0.39 is 30.1 Å². The first-order valence-corrected chi connectivity index (χ1v) is 13.7. The van der Waals surface area contributed by atoms with E-state index in [9.17, 15) is 24.6 Å². The summed E-state index contributed by atoms with van der Waals surface area (Å²) in [6.45, 7) is 2.00. The molecule has 5 rings (SSSR count). The van der Waals surface area contributed by atoms with Crippen LogP contribution in [-0.4, -0.2) is 78.5 Å². The minimum absolute atomic E-state index is 0.0164. The van der Waals surface area contributed by atoms with Crippen LogP contribution in [0.15, 0.2) is 42.0 Å². The summed E-state index contributed by atoms with van der Waals surface area (Å²) in [5, 5.41) is 23.8. The molecule has 0 saturated carbocycles. The first kappa shape index (κ1) is 28.4. The summed E-state index contributed by atoms with van der Waals surface area (Å²) in [4.78, 5) is 40.3. The number of carbonyl (C=O) groups is 3. The molecule has 3 aliphatic rings. The molecule has 2 amide bonds. The van der Waals surface area contributed by atoms with Crippen molar-refractivity contribution in [2.75, 3.05) is 27.1 Å². The first-order valence-electron chi connectivity index (χ1n) is 13.7. The summed E-state index contributed by atoms with van der Waals surface area (Å²) in [6.07, 6.45) is 1.85. The zero-order valence-corrected chi connectivity index (χ0v) is 23.0. The average molecular weight is 567 g/mol. The van der Waals surface area contributed by atoms with Crippen LogP contribution in [-0.2, 0) is 16.1 Å². The van der Waals surface area contributed by atoms with E-state index in [1.165, 1.54) is 13.2 Å². The summed E-state index contributed by atoms with van der Waals surface area (Å²) >= 11 is 0. The minimum Gasteiger partial charge on any atom is -0.493 e. The summed E-state index contributed by atoms with van der Waals surface area (Å²) in [5.41, 5.74) is 1.89. The maximum atomic E-state index is 13.6. The number of nitrogens with one attached hydrogen (secondary N) is 1. The highest BCUT2D eigenvalue weighted by atomic mass is 16.7. The largest absolute Gasteiger partial charge is 0.493 e. The molecule has 0 saturated heterocycles. The molecule has 11 heteroatoms. The molecule has 0 radical (unpaired) electrons. The number of hydrogen-bond donors (Lipinski definition) is 3. The molecule has 4 unspecified atom stereocenters. The van der Waals surface area contributed by atoms with E-state index >= 15 is 0 Å². The monoisotopic (exact) mass is 566 g/mol. The number of amides is 2. The van der Waals surface area contributed by atoms with Crippen molar-refractivity contribution >= 4 is 18.1 Å². The van der Waals surface area contributed by atoms with Crippen LogP contribution in [0.3, 0.4) is 0 Å². The fraction of sp³-hybridized carbons (Fsp3) is 0.433. The second-order valence-electron chi connectivity index (χ2n) is 10.2. The van der Waals surface area contributed by atoms with E-state index in [4.69, 9.17) is 18.9 Å². The lowest BCUT2D eigenvalue weighted by atomic mass is 9.77. The second kappa shape index (κ2) is 12.2. The highest BCUT2D eigenvalue weighted by Crippen LogP contribution is 2.51. The number of rotatable bonds is 11. The van der Waals surface area contributed by atoms with Gasteiger partial charge in [0.2, 0.25) is 18.6 Å². The van der Waals surface area contributed by atoms with Crippen LogP contribution < -0.4 is 24.3 Å². The number of hydrogen-bond acceptors (Lipinski definition) is 9. The number of ether oxygens (including phenoxy) is 4. The Morgan fingerprint density at radius 2 is 2.00 bits per heavy atom. The SMILES string of the molecule is CCCCC(=O)N(Cc1ccc2c(c1)OCO2)C1C=C(C(=O)NCCO)C2c3cc(C=O)cc(OC)c3OC2C1O. The zero-order valence-electron chi connectivity index (χ0n) is 23.0. The fourth-order valence-corrected chi connectivity index (χ4v) is 5.63. The summed E-state index contributed by atoms with van der Waals surface area (Å²) in [7, 11) is 1.44. The van der Waals surface area contributed by atoms with Crippen molar-refractivity contribution in [2.45, 2.75) is 56.9 Å². The Kier molecular flexibility index (Phi) is 8.46. The molecular weight excluding hydrogens is 532 g/mol. The molecule has 218 valence electrons. The van der Waals surface area contributed by atoms with E-state index in [0.717, 1.165) is 12.0 Å². The predicted molar refractivity (Wildman–Crippen MR) is 146 cm³/mol. The standard InChI is InChI=1S/C30H34N2O9/c1-3-4-5-25(35)32(14-17-6-7-22-23(11-17)40-16-39-22)21-13-20(30(37)31-8-9-33)26-19-10-18(15-34)12-24(38-2)28(19)41-29(26)27(21)36/h6-7,10-13,15,21,26-27,29,33,36H,3-5,8-9,14,16H2,1-2H3,(H,31,37). The second-order valence-corrected chi connectivity index (χ2v) is 10.2. The van der Waals surface area contributed by atoms with Gasteiger partial charge in [0.15, 0.2) is 23.0 Å². The lowest BCUT2D eigenvalue weighted by molar-refractivity contribution is -0.138. The molecule has 2 aromatic carbocycles. The minimum atomic E-state index is -1.22. The van der Waals surface area contributed by atoms with Gasteiger partial charge in [-0.1, -0.05) is 19.4 Å². The summed E-state index contributed by atoms with van der Waals surface area (Å²) in [5.74, 6) is 0.419. The van der Waals surface area contributed by atoms with Crippen LogP contribution in [0.25, 0.3) is 0 Å². The number of nitrogens with zero attached hydrogens (tertiary/aromatic N) is 1. The van der Waals surface area contributed by atoms with Gasteiger partial charge in [-0.2, -0.15) is 0 Å². The maximum absolute atomic E-state index is 13.6. The summed E-state index contributed by atoms with van der Waals surface area (Å²) < 4.78 is 22.6. The van der Waals surface area contributed by atoms with Crippen molar-refractivity contribution in [1.29, 1.82) is 0 Å². The van der Waals surface area contributed by atoms with Crippen molar-refractivity contribution in [1.82, 2.24) is 10.2 Å². The van der Waals surface area contributed by atoms with Crippen molar-refractivity contribution in [3.05, 3.63) is 58.7 Å². The first-order chi connectivity index (χ1) is 19.9. The molecular formula is C30H34N2O9. The van der Waals surface area contributed by atoms with Gasteiger partial charge >= 0.3 is 0 Å². The van der Waals surface area contributed by atoms with Gasteiger partial charge in [-0.15, -0.1) is 0 Å². The molecule has 0 aromatic heterocycles. The molecule has 3 N–H and O–H groups in total. The Morgan fingerprint density at radius 3 is 2.73 bits per heavy atom. The molecule has 0 fully saturated rings. The summed E-state index contributed by atoms with van der Waals surface area (Å²) in [6, 6.07) is 7.64. The van der Waals surface area contributed by atoms with Gasteiger partial charge in [-0.3, -0.25) is 14.4 Å². The molecule has 4 atom stereocenters. The van der Waals surface area contributed by atoms with E-state index in [0.29, 0.717) is 46.8 Å². The van der Waals surface area contributed by atoms with Gasteiger partial charge in [0.05, 0.1) is 25.7 Å². The van der Waals surface area contributed by atoms with Gasteiger partial charge in [-0.05, 0) is 42.3 Å². The van der Waals surface area contributed by atoms with Crippen molar-refractivity contribution in [2.24, 2.45) is 0 Å². The van der Waals surface area contributed by atoms with Gasteiger partial charge in [-0.25, -0.2) is 0 Å². The Bertz CT molecular complexity index is 1360. The average Bonchev–Trinajstić information content (AvgIpc) is 3.62. The zero-order chi connectivity index (χ0) is 29.1. The van der Waals surface area contributed by atoms with Crippen molar-refractivity contribution in [3.63, 3.8) is 0 Å². The van der Waals surface area contributed by atoms with Crippen LogP contribution in [0.5, 0.6) is 23.0 Å². The van der Waals surface area contributed by atoms with Crippen LogP contribution in [0.2, 0.25) is 0 Å². The Balaban J connectivity index is 1.57. The van der Waals surface area contributed by atoms with E-state index in [1.54, 1.807) is 29.2 Å². The Labute approximate surface area is 237 Å². The number of fused-ring (bicyclic) bond motifs is 4. The number of aliphatic hydroxyl groups is 2. The highest BCUT2D eigenvalue weighted by Gasteiger charge is 2.51. The molecule has 0 spiro atoms. The fourth-order valence-electron chi connectivity index (χ4n) is 5.63. The van der Waals surface area contributed by atoms with Crippen molar-refractivity contribution < 1.29 is 43.5 Å². The van der Waals surface area contributed by atoms with Gasteiger partial charge in [0, 0.05) is 36.2 Å². The van der Waals surface area contributed by atoms with Crippen LogP contribution in [0, 0.1) is 0 Å². The lowest BCUT2D eigenvalue weighted by Crippen LogP contribution is -2.55. The van der Waals surface area contributed by atoms with Gasteiger partial charge in [0.25, 0.3) is 0 Å². The molecule has 1 aliphatic carbocycles. The Hall–Kier alpha value is -4.09. The quantitative estimate of drug-likeness (QED) is 0.348. The maximum Gasteiger partial charge on any atom is 0.247 e. The van der Waals surface area contributed by atoms with Crippen LogP contribution >= 0.6 is 0 Å². The number of aliphatic hydroxyl groups excluding tert-OH is 2. The number of carbonyl (C=O) groups excluding carboxylic acids is 3. The highest BCUT2D eigenvalue weighted by molar-refractivity contribution is 5.96. The van der Waals surface area contributed by atoms with E-state index in [-0.39, 0.29) is 44.4 Å². The number of methoxy groups -OCH3 is 1. The normalized spacial score (nSPS) is 21.7. The molecule has 2 aliphatic heterocycles. The third kappa shape index (κ3) is 5.47. The topological polar surface area (TPSA) is 144 Å².